The van der Waals surface area contributed by atoms with Crippen molar-refractivity contribution < 1.29 is 17.9 Å². The highest BCUT2D eigenvalue weighted by Gasteiger charge is 2.30. The molecule has 1 saturated carbocycles. The lowest BCUT2D eigenvalue weighted by molar-refractivity contribution is -0.137. The van der Waals surface area contributed by atoms with Gasteiger partial charge in [-0.1, -0.05) is 6.07 Å². The number of benzene rings is 1. The Hall–Kier alpha value is -1.19. The molecule has 2 rings (SSSR count). The van der Waals surface area contributed by atoms with Gasteiger partial charge in [0.05, 0.1) is 11.7 Å². The maximum atomic E-state index is 12.4. The monoisotopic (exact) mass is 230 g/mol. The third-order valence-corrected chi connectivity index (χ3v) is 2.77. The number of rotatable bonds is 2. The van der Waals surface area contributed by atoms with E-state index < -0.39 is 11.7 Å². The highest BCUT2D eigenvalue weighted by atomic mass is 19.4. The Morgan fingerprint density at radius 2 is 1.81 bits per heavy atom. The molecule has 0 heterocycles. The highest BCUT2D eigenvalue weighted by Crippen LogP contribution is 2.32. The van der Waals surface area contributed by atoms with Crippen LogP contribution in [0.3, 0.4) is 0 Å². The van der Waals surface area contributed by atoms with Crippen LogP contribution in [-0.2, 0) is 6.18 Å². The molecule has 1 fully saturated rings. The molecule has 1 aromatic rings. The summed E-state index contributed by atoms with van der Waals surface area (Å²) in [5.74, 6) is 0.321. The molecule has 0 atom stereocenters. The Labute approximate surface area is 92.2 Å². The van der Waals surface area contributed by atoms with Crippen molar-refractivity contribution in [1.29, 1.82) is 0 Å². The van der Waals surface area contributed by atoms with E-state index in [0.717, 1.165) is 37.8 Å². The number of ether oxygens (including phenoxy) is 1. The zero-order chi connectivity index (χ0) is 11.6. The van der Waals surface area contributed by atoms with Gasteiger partial charge in [0.15, 0.2) is 0 Å². The molecule has 0 spiro atoms. The van der Waals surface area contributed by atoms with Crippen LogP contribution in [0.5, 0.6) is 5.75 Å². The van der Waals surface area contributed by atoms with E-state index in [9.17, 15) is 13.2 Å². The van der Waals surface area contributed by atoms with Gasteiger partial charge in [-0.15, -0.1) is 0 Å². The second kappa shape index (κ2) is 4.36. The molecule has 0 bridgehead atoms. The molecule has 4 heteroatoms. The number of hydrogen-bond acceptors (Lipinski definition) is 1. The Balaban J connectivity index is 2.09. The first-order chi connectivity index (χ1) is 7.55. The average molecular weight is 230 g/mol. The van der Waals surface area contributed by atoms with Gasteiger partial charge in [-0.2, -0.15) is 13.2 Å². The fraction of sp³-hybridized carbons (Fsp3) is 0.500. The third kappa shape index (κ3) is 2.68. The lowest BCUT2D eigenvalue weighted by Gasteiger charge is -2.14. The lowest BCUT2D eigenvalue weighted by atomic mass is 10.2. The summed E-state index contributed by atoms with van der Waals surface area (Å²) in [6.45, 7) is 0. The van der Waals surface area contributed by atoms with Crippen molar-refractivity contribution in [3.05, 3.63) is 29.8 Å². The fourth-order valence-electron chi connectivity index (χ4n) is 1.94. The summed E-state index contributed by atoms with van der Waals surface area (Å²) in [7, 11) is 0. The van der Waals surface area contributed by atoms with E-state index in [4.69, 9.17) is 4.74 Å². The number of halogens is 3. The zero-order valence-electron chi connectivity index (χ0n) is 8.76. The quantitative estimate of drug-likeness (QED) is 0.745. The summed E-state index contributed by atoms with van der Waals surface area (Å²) in [4.78, 5) is 0. The standard InChI is InChI=1S/C12H13F3O/c13-12(14,15)9-4-3-7-11(8-9)16-10-5-1-2-6-10/h3-4,7-8,10H,1-2,5-6H2. The van der Waals surface area contributed by atoms with Crippen molar-refractivity contribution in [2.75, 3.05) is 0 Å². The molecular formula is C12H13F3O. The molecule has 0 unspecified atom stereocenters. The van der Waals surface area contributed by atoms with Crippen molar-refractivity contribution in [2.45, 2.75) is 38.0 Å². The molecule has 0 N–H and O–H groups in total. The molecule has 1 aliphatic carbocycles. The Kier molecular flexibility index (Phi) is 3.08. The van der Waals surface area contributed by atoms with Crippen LogP contribution in [0.15, 0.2) is 24.3 Å². The minimum absolute atomic E-state index is 0.0866. The van der Waals surface area contributed by atoms with Crippen molar-refractivity contribution in [3.63, 3.8) is 0 Å². The molecule has 0 saturated heterocycles. The van der Waals surface area contributed by atoms with Gasteiger partial charge in [-0.25, -0.2) is 0 Å². The molecule has 0 radical (unpaired) electrons. The zero-order valence-corrected chi connectivity index (χ0v) is 8.76. The molecule has 1 aliphatic rings. The predicted octanol–water partition coefficient (Wildman–Crippen LogP) is 4.03. The van der Waals surface area contributed by atoms with Crippen molar-refractivity contribution in [3.8, 4) is 5.75 Å². The summed E-state index contributed by atoms with van der Waals surface area (Å²) in [6.07, 6.45) is -0.127. The van der Waals surface area contributed by atoms with E-state index in [2.05, 4.69) is 0 Å². The molecule has 0 aromatic heterocycles. The Morgan fingerprint density at radius 3 is 2.44 bits per heavy atom. The van der Waals surface area contributed by atoms with E-state index >= 15 is 0 Å². The second-order valence-corrected chi connectivity index (χ2v) is 4.05. The normalized spacial score (nSPS) is 17.7. The van der Waals surface area contributed by atoms with Gasteiger partial charge in [-0.3, -0.25) is 0 Å². The summed E-state index contributed by atoms with van der Waals surface area (Å²) in [5.41, 5.74) is -0.650. The van der Waals surface area contributed by atoms with Crippen LogP contribution in [-0.4, -0.2) is 6.10 Å². The minimum atomic E-state index is -4.30. The van der Waals surface area contributed by atoms with Crippen LogP contribution < -0.4 is 4.74 Å². The smallest absolute Gasteiger partial charge is 0.416 e. The highest BCUT2D eigenvalue weighted by molar-refractivity contribution is 5.30. The summed E-state index contributed by atoms with van der Waals surface area (Å²) in [5, 5.41) is 0. The van der Waals surface area contributed by atoms with Crippen LogP contribution in [0, 0.1) is 0 Å². The lowest BCUT2D eigenvalue weighted by Crippen LogP contribution is -2.12. The van der Waals surface area contributed by atoms with Gasteiger partial charge in [0, 0.05) is 0 Å². The molecule has 0 amide bonds. The third-order valence-electron chi connectivity index (χ3n) is 2.77. The largest absolute Gasteiger partial charge is 0.490 e. The van der Waals surface area contributed by atoms with E-state index in [0.29, 0.717) is 5.75 Å². The van der Waals surface area contributed by atoms with Crippen LogP contribution in [0.2, 0.25) is 0 Å². The molecule has 1 nitrogen and oxygen atoms in total. The molecular weight excluding hydrogens is 217 g/mol. The van der Waals surface area contributed by atoms with E-state index in [1.54, 1.807) is 6.07 Å². The van der Waals surface area contributed by atoms with Crippen molar-refractivity contribution in [2.24, 2.45) is 0 Å². The number of hydrogen-bond donors (Lipinski definition) is 0. The summed E-state index contributed by atoms with van der Waals surface area (Å²) < 4.78 is 42.8. The first-order valence-corrected chi connectivity index (χ1v) is 5.39. The Morgan fingerprint density at radius 1 is 1.12 bits per heavy atom. The minimum Gasteiger partial charge on any atom is -0.490 e. The van der Waals surface area contributed by atoms with Gasteiger partial charge < -0.3 is 4.74 Å². The number of alkyl halides is 3. The second-order valence-electron chi connectivity index (χ2n) is 4.05. The SMILES string of the molecule is FC(F)(F)c1cccc(OC2CCCC2)c1. The first kappa shape index (κ1) is 11.3. The van der Waals surface area contributed by atoms with Gasteiger partial charge in [-0.05, 0) is 43.9 Å². The van der Waals surface area contributed by atoms with Gasteiger partial charge in [0.25, 0.3) is 0 Å². The summed E-state index contributed by atoms with van der Waals surface area (Å²) >= 11 is 0. The molecule has 16 heavy (non-hydrogen) atoms. The average Bonchev–Trinajstić information content (AvgIpc) is 2.70. The first-order valence-electron chi connectivity index (χ1n) is 5.39. The van der Waals surface area contributed by atoms with Gasteiger partial charge in [0.1, 0.15) is 5.75 Å². The molecule has 1 aromatic carbocycles. The van der Waals surface area contributed by atoms with Crippen LogP contribution in [0.25, 0.3) is 0 Å². The Bertz CT molecular complexity index is 354. The topological polar surface area (TPSA) is 9.23 Å². The molecule has 0 aliphatic heterocycles. The maximum absolute atomic E-state index is 12.4. The van der Waals surface area contributed by atoms with Crippen LogP contribution >= 0.6 is 0 Å². The summed E-state index contributed by atoms with van der Waals surface area (Å²) in [6, 6.07) is 5.08. The van der Waals surface area contributed by atoms with Crippen LogP contribution in [0.1, 0.15) is 31.2 Å². The predicted molar refractivity (Wildman–Crippen MR) is 54.3 cm³/mol. The maximum Gasteiger partial charge on any atom is 0.416 e. The fourth-order valence-corrected chi connectivity index (χ4v) is 1.94. The van der Waals surface area contributed by atoms with Crippen LogP contribution in [0.4, 0.5) is 13.2 Å². The van der Waals surface area contributed by atoms with E-state index in [1.807, 2.05) is 0 Å². The van der Waals surface area contributed by atoms with E-state index in [-0.39, 0.29) is 6.10 Å². The molecule has 88 valence electrons. The van der Waals surface area contributed by atoms with E-state index in [1.165, 1.54) is 6.07 Å². The van der Waals surface area contributed by atoms with Crippen molar-refractivity contribution in [1.82, 2.24) is 0 Å². The van der Waals surface area contributed by atoms with Gasteiger partial charge in [0.2, 0.25) is 0 Å². The van der Waals surface area contributed by atoms with Crippen molar-refractivity contribution >= 4 is 0 Å². The van der Waals surface area contributed by atoms with Gasteiger partial charge >= 0.3 is 6.18 Å².